The molecular formula is C30H41N3O4. The van der Waals surface area contributed by atoms with Crippen LogP contribution in [0.25, 0.3) is 0 Å². The smallest absolute Gasteiger partial charge is 0.161 e. The molecule has 0 aliphatic carbocycles. The highest BCUT2D eigenvalue weighted by atomic mass is 16.5. The van der Waals surface area contributed by atoms with Gasteiger partial charge in [0.2, 0.25) is 0 Å². The number of benzene rings is 2. The molecule has 37 heavy (non-hydrogen) atoms. The first-order chi connectivity index (χ1) is 18.0. The van der Waals surface area contributed by atoms with Crippen molar-refractivity contribution in [2.45, 2.75) is 58.2 Å². The summed E-state index contributed by atoms with van der Waals surface area (Å²) in [7, 11) is 3.52. The van der Waals surface area contributed by atoms with Crippen LogP contribution in [0.15, 0.2) is 54.9 Å². The number of nitrogens with zero attached hydrogens (tertiary/aromatic N) is 3. The minimum atomic E-state index is -0.260. The van der Waals surface area contributed by atoms with Gasteiger partial charge in [-0.1, -0.05) is 23.8 Å². The maximum Gasteiger partial charge on any atom is 0.161 e. The zero-order valence-corrected chi connectivity index (χ0v) is 22.7. The summed E-state index contributed by atoms with van der Waals surface area (Å²) in [5, 5.41) is 0. The lowest BCUT2D eigenvalue weighted by Crippen LogP contribution is -2.39. The van der Waals surface area contributed by atoms with E-state index in [4.69, 9.17) is 18.9 Å². The number of aromatic nitrogens is 2. The molecule has 1 unspecified atom stereocenters. The van der Waals surface area contributed by atoms with Crippen LogP contribution < -0.4 is 14.2 Å². The van der Waals surface area contributed by atoms with Crippen molar-refractivity contribution in [3.05, 3.63) is 71.8 Å². The van der Waals surface area contributed by atoms with Gasteiger partial charge in [0, 0.05) is 39.1 Å². The monoisotopic (exact) mass is 507 g/mol. The molecule has 4 rings (SSSR count). The number of ether oxygens (including phenoxy) is 4. The second-order valence-corrected chi connectivity index (χ2v) is 9.97. The lowest BCUT2D eigenvalue weighted by Gasteiger charge is -2.31. The van der Waals surface area contributed by atoms with Crippen LogP contribution in [0, 0.1) is 13.8 Å². The number of hydrogen-bond acceptors (Lipinski definition) is 6. The number of rotatable bonds is 12. The van der Waals surface area contributed by atoms with E-state index in [9.17, 15) is 0 Å². The van der Waals surface area contributed by atoms with Gasteiger partial charge in [0.25, 0.3) is 0 Å². The molecule has 0 spiro atoms. The molecule has 0 amide bonds. The first-order valence-electron chi connectivity index (χ1n) is 13.2. The Hall–Kier alpha value is -3.03. The number of aryl methyl sites for hydroxylation is 3. The summed E-state index contributed by atoms with van der Waals surface area (Å²) in [5.41, 5.74) is 2.19. The van der Waals surface area contributed by atoms with Gasteiger partial charge in [-0.15, -0.1) is 0 Å². The van der Waals surface area contributed by atoms with Crippen LogP contribution in [0.3, 0.4) is 0 Å². The summed E-state index contributed by atoms with van der Waals surface area (Å²) in [5.74, 6) is 3.49. The van der Waals surface area contributed by atoms with E-state index in [-0.39, 0.29) is 5.60 Å². The largest absolute Gasteiger partial charge is 0.493 e. The quantitative estimate of drug-likeness (QED) is 0.305. The lowest BCUT2D eigenvalue weighted by molar-refractivity contribution is -0.0541. The molecular weight excluding hydrogens is 466 g/mol. The van der Waals surface area contributed by atoms with Gasteiger partial charge in [0.05, 0.1) is 13.7 Å². The topological polar surface area (TPSA) is 58.0 Å². The van der Waals surface area contributed by atoms with Crippen LogP contribution in [0.5, 0.6) is 17.2 Å². The maximum atomic E-state index is 6.14. The molecule has 1 fully saturated rings. The second-order valence-electron chi connectivity index (χ2n) is 9.97. The third-order valence-electron chi connectivity index (χ3n) is 7.31. The van der Waals surface area contributed by atoms with Crippen LogP contribution >= 0.6 is 0 Å². The number of imidazole rings is 1. The molecule has 7 nitrogen and oxygen atoms in total. The molecule has 200 valence electrons. The van der Waals surface area contributed by atoms with Crippen molar-refractivity contribution >= 4 is 0 Å². The van der Waals surface area contributed by atoms with Crippen molar-refractivity contribution in [2.24, 2.45) is 0 Å². The van der Waals surface area contributed by atoms with Gasteiger partial charge in [-0.2, -0.15) is 0 Å². The molecule has 0 radical (unpaired) electrons. The van der Waals surface area contributed by atoms with Gasteiger partial charge in [0.15, 0.2) is 11.5 Å². The molecule has 0 saturated carbocycles. The van der Waals surface area contributed by atoms with Crippen LogP contribution in [0.1, 0.15) is 42.6 Å². The van der Waals surface area contributed by atoms with Crippen molar-refractivity contribution in [1.29, 1.82) is 0 Å². The van der Waals surface area contributed by atoms with Gasteiger partial charge in [-0.25, -0.2) is 4.98 Å². The number of hydrogen-bond donors (Lipinski definition) is 0. The Morgan fingerprint density at radius 2 is 1.78 bits per heavy atom. The van der Waals surface area contributed by atoms with Gasteiger partial charge < -0.3 is 23.5 Å². The Bertz CT molecular complexity index is 1110. The summed E-state index contributed by atoms with van der Waals surface area (Å²) >= 11 is 0. The van der Waals surface area contributed by atoms with E-state index >= 15 is 0 Å². The molecule has 7 heteroatoms. The fourth-order valence-electron chi connectivity index (χ4n) is 4.88. The molecule has 3 aromatic rings. The Labute approximate surface area is 221 Å². The summed E-state index contributed by atoms with van der Waals surface area (Å²) in [4.78, 5) is 6.76. The average Bonchev–Trinajstić information content (AvgIpc) is 3.22. The van der Waals surface area contributed by atoms with Crippen molar-refractivity contribution in [1.82, 2.24) is 14.5 Å². The van der Waals surface area contributed by atoms with E-state index in [1.807, 2.05) is 44.6 Å². The fourth-order valence-corrected chi connectivity index (χ4v) is 4.88. The molecule has 1 aliphatic heterocycles. The first-order valence-corrected chi connectivity index (χ1v) is 13.2. The van der Waals surface area contributed by atoms with E-state index in [0.717, 1.165) is 74.9 Å². The van der Waals surface area contributed by atoms with Crippen molar-refractivity contribution in [2.75, 3.05) is 40.5 Å². The summed E-state index contributed by atoms with van der Waals surface area (Å²) in [6.07, 6.45) is 7.73. The highest BCUT2D eigenvalue weighted by Gasteiger charge is 2.33. The van der Waals surface area contributed by atoms with Crippen LogP contribution in [0.4, 0.5) is 0 Å². The Morgan fingerprint density at radius 1 is 0.946 bits per heavy atom. The standard InChI is InChI=1S/C30H41N3O4/c1-24-7-10-27(11-8-24)37-23-30(35-4)13-5-16-32(18-14-30)22-26-9-12-28(29(21-26)34-3)36-20-6-17-33-19-15-31-25(33)2/h7-12,15,19,21H,5-6,13-14,16-18,20,22-23H2,1-4H3. The molecule has 1 atom stereocenters. The summed E-state index contributed by atoms with van der Waals surface area (Å²) in [6.45, 7) is 9.05. The predicted octanol–water partition coefficient (Wildman–Crippen LogP) is 5.43. The van der Waals surface area contributed by atoms with Crippen LogP contribution in [-0.4, -0.2) is 60.6 Å². The zero-order chi connectivity index (χ0) is 26.1. The number of likely N-dealkylation sites (tertiary alicyclic amines) is 1. The minimum absolute atomic E-state index is 0.260. The molecule has 2 heterocycles. The van der Waals surface area contributed by atoms with Gasteiger partial charge in [-0.05, 0) is 75.9 Å². The average molecular weight is 508 g/mol. The maximum absolute atomic E-state index is 6.14. The summed E-state index contributed by atoms with van der Waals surface area (Å²) in [6, 6.07) is 14.5. The lowest BCUT2D eigenvalue weighted by atomic mass is 9.95. The van der Waals surface area contributed by atoms with Crippen molar-refractivity contribution < 1.29 is 18.9 Å². The van der Waals surface area contributed by atoms with Gasteiger partial charge in [-0.3, -0.25) is 4.90 Å². The van der Waals surface area contributed by atoms with E-state index < -0.39 is 0 Å². The van der Waals surface area contributed by atoms with Crippen molar-refractivity contribution in [3.8, 4) is 17.2 Å². The fraction of sp³-hybridized carbons (Fsp3) is 0.500. The Morgan fingerprint density at radius 3 is 2.51 bits per heavy atom. The third kappa shape index (κ3) is 7.49. The van der Waals surface area contributed by atoms with Crippen LogP contribution in [-0.2, 0) is 17.8 Å². The van der Waals surface area contributed by atoms with E-state index in [0.29, 0.717) is 13.2 Å². The van der Waals surface area contributed by atoms with E-state index in [2.05, 4.69) is 45.6 Å². The third-order valence-corrected chi connectivity index (χ3v) is 7.31. The zero-order valence-electron chi connectivity index (χ0n) is 22.7. The first kappa shape index (κ1) is 27.0. The second kappa shape index (κ2) is 13.0. The Kier molecular flexibility index (Phi) is 9.47. The molecule has 2 aromatic carbocycles. The van der Waals surface area contributed by atoms with Crippen molar-refractivity contribution in [3.63, 3.8) is 0 Å². The normalized spacial score (nSPS) is 18.4. The van der Waals surface area contributed by atoms with Gasteiger partial charge in [0.1, 0.15) is 23.8 Å². The molecule has 0 bridgehead atoms. The highest BCUT2D eigenvalue weighted by Crippen LogP contribution is 2.31. The van der Waals surface area contributed by atoms with Crippen LogP contribution in [0.2, 0.25) is 0 Å². The summed E-state index contributed by atoms with van der Waals surface area (Å²) < 4.78 is 26.0. The number of methoxy groups -OCH3 is 2. The highest BCUT2D eigenvalue weighted by molar-refractivity contribution is 5.43. The predicted molar refractivity (Wildman–Crippen MR) is 146 cm³/mol. The molecule has 1 saturated heterocycles. The minimum Gasteiger partial charge on any atom is -0.493 e. The SMILES string of the molecule is COc1cc(CN2CCCC(COc3ccc(C)cc3)(OC)CC2)ccc1OCCCn1ccnc1C. The molecule has 1 aliphatic rings. The molecule has 0 N–H and O–H groups in total. The van der Waals surface area contributed by atoms with E-state index in [1.165, 1.54) is 11.1 Å². The Balaban J connectivity index is 1.28. The molecule has 1 aromatic heterocycles. The van der Waals surface area contributed by atoms with E-state index in [1.54, 1.807) is 7.11 Å². The van der Waals surface area contributed by atoms with Gasteiger partial charge >= 0.3 is 0 Å².